The van der Waals surface area contributed by atoms with E-state index in [4.69, 9.17) is 4.74 Å². The first-order chi connectivity index (χ1) is 9.10. The zero-order valence-corrected chi connectivity index (χ0v) is 11.3. The molecule has 1 fully saturated rings. The number of non-ortho nitro benzene ring substituents is 1. The molecule has 3 atom stereocenters. The van der Waals surface area contributed by atoms with E-state index < -0.39 is 0 Å². The molecule has 0 aliphatic heterocycles. The lowest BCUT2D eigenvalue weighted by Crippen LogP contribution is -2.29. The van der Waals surface area contributed by atoms with Gasteiger partial charge in [-0.3, -0.25) is 10.1 Å². The van der Waals surface area contributed by atoms with Crippen LogP contribution in [0.4, 0.5) is 5.69 Å². The molecule has 19 heavy (non-hydrogen) atoms. The summed E-state index contributed by atoms with van der Waals surface area (Å²) < 4.78 is 5.36. The number of rotatable bonds is 5. The van der Waals surface area contributed by atoms with Crippen LogP contribution in [0.25, 0.3) is 0 Å². The fourth-order valence-electron chi connectivity index (χ4n) is 2.64. The molecule has 3 unspecified atom stereocenters. The van der Waals surface area contributed by atoms with Crippen LogP contribution in [0.2, 0.25) is 0 Å². The maximum Gasteiger partial charge on any atom is 0.269 e. The van der Waals surface area contributed by atoms with Crippen LogP contribution in [0, 0.1) is 10.1 Å². The van der Waals surface area contributed by atoms with Crippen molar-refractivity contribution in [3.05, 3.63) is 39.9 Å². The van der Waals surface area contributed by atoms with Crippen LogP contribution in [-0.4, -0.2) is 24.2 Å². The summed E-state index contributed by atoms with van der Waals surface area (Å²) >= 11 is 0. The number of methoxy groups -OCH3 is 1. The molecular weight excluding hydrogens is 244 g/mol. The molecule has 1 N–H and O–H groups in total. The minimum atomic E-state index is -0.373. The summed E-state index contributed by atoms with van der Waals surface area (Å²) in [4.78, 5) is 10.2. The molecule has 0 amide bonds. The van der Waals surface area contributed by atoms with Crippen LogP contribution < -0.4 is 5.32 Å². The number of nitrogens with one attached hydrogen (secondary N) is 1. The highest BCUT2D eigenvalue weighted by Gasteiger charge is 2.25. The number of hydrogen-bond acceptors (Lipinski definition) is 4. The van der Waals surface area contributed by atoms with Crippen molar-refractivity contribution in [1.29, 1.82) is 0 Å². The van der Waals surface area contributed by atoms with E-state index in [-0.39, 0.29) is 16.7 Å². The Balaban J connectivity index is 1.92. The quantitative estimate of drug-likeness (QED) is 0.656. The second kappa shape index (κ2) is 6.12. The monoisotopic (exact) mass is 264 g/mol. The number of nitro groups is 1. The highest BCUT2D eigenvalue weighted by Crippen LogP contribution is 2.25. The maximum absolute atomic E-state index is 10.6. The first kappa shape index (κ1) is 14.0. The van der Waals surface area contributed by atoms with E-state index in [9.17, 15) is 10.1 Å². The smallest absolute Gasteiger partial charge is 0.269 e. The lowest BCUT2D eigenvalue weighted by molar-refractivity contribution is -0.384. The molecule has 0 spiro atoms. The molecule has 1 aliphatic carbocycles. The summed E-state index contributed by atoms with van der Waals surface area (Å²) in [5.74, 6) is 0. The van der Waals surface area contributed by atoms with E-state index in [1.807, 2.05) is 12.1 Å². The van der Waals surface area contributed by atoms with Gasteiger partial charge in [0.25, 0.3) is 5.69 Å². The van der Waals surface area contributed by atoms with Crippen LogP contribution in [0.3, 0.4) is 0 Å². The number of benzene rings is 1. The molecule has 0 heterocycles. The van der Waals surface area contributed by atoms with E-state index in [1.165, 1.54) is 0 Å². The second-order valence-corrected chi connectivity index (χ2v) is 5.10. The van der Waals surface area contributed by atoms with Crippen molar-refractivity contribution in [1.82, 2.24) is 5.32 Å². The van der Waals surface area contributed by atoms with E-state index in [0.717, 1.165) is 24.8 Å². The van der Waals surface area contributed by atoms with Gasteiger partial charge in [-0.1, -0.05) is 12.1 Å². The third-order valence-corrected chi connectivity index (χ3v) is 3.81. The molecule has 0 aromatic heterocycles. The van der Waals surface area contributed by atoms with Crippen molar-refractivity contribution in [3.8, 4) is 0 Å². The third-order valence-electron chi connectivity index (χ3n) is 3.81. The molecule has 104 valence electrons. The molecule has 1 aromatic rings. The molecule has 5 nitrogen and oxygen atoms in total. The minimum Gasteiger partial charge on any atom is -0.381 e. The Kier molecular flexibility index (Phi) is 4.50. The largest absolute Gasteiger partial charge is 0.381 e. The number of nitrogens with zero attached hydrogens (tertiary/aromatic N) is 1. The fraction of sp³-hybridized carbons (Fsp3) is 0.571. The van der Waals surface area contributed by atoms with E-state index in [1.54, 1.807) is 19.2 Å². The van der Waals surface area contributed by atoms with Crippen molar-refractivity contribution in [2.75, 3.05) is 7.11 Å². The fourth-order valence-corrected chi connectivity index (χ4v) is 2.64. The van der Waals surface area contributed by atoms with Crippen LogP contribution in [-0.2, 0) is 4.74 Å². The molecule has 0 bridgehead atoms. The predicted molar refractivity (Wildman–Crippen MR) is 73.1 cm³/mol. The van der Waals surface area contributed by atoms with E-state index in [2.05, 4.69) is 12.2 Å². The Morgan fingerprint density at radius 3 is 2.58 bits per heavy atom. The summed E-state index contributed by atoms with van der Waals surface area (Å²) in [5, 5.41) is 14.2. The average molecular weight is 264 g/mol. The Morgan fingerprint density at radius 1 is 1.37 bits per heavy atom. The summed E-state index contributed by atoms with van der Waals surface area (Å²) in [5.41, 5.74) is 1.21. The summed E-state index contributed by atoms with van der Waals surface area (Å²) in [7, 11) is 1.76. The Bertz CT molecular complexity index is 433. The maximum atomic E-state index is 10.6. The molecule has 5 heteroatoms. The average Bonchev–Trinajstić information content (AvgIpc) is 2.86. The Hall–Kier alpha value is -1.46. The first-order valence-corrected chi connectivity index (χ1v) is 6.63. The zero-order valence-electron chi connectivity index (χ0n) is 11.3. The molecule has 1 aliphatic rings. The van der Waals surface area contributed by atoms with Crippen molar-refractivity contribution >= 4 is 5.69 Å². The predicted octanol–water partition coefficient (Wildman–Crippen LogP) is 2.81. The first-order valence-electron chi connectivity index (χ1n) is 6.63. The summed E-state index contributed by atoms with van der Waals surface area (Å²) in [6.45, 7) is 2.08. The van der Waals surface area contributed by atoms with Gasteiger partial charge in [-0.2, -0.15) is 0 Å². The highest BCUT2D eigenvalue weighted by atomic mass is 16.6. The Morgan fingerprint density at radius 2 is 2.05 bits per heavy atom. The van der Waals surface area contributed by atoms with Gasteiger partial charge in [0.15, 0.2) is 0 Å². The van der Waals surface area contributed by atoms with Gasteiger partial charge in [-0.25, -0.2) is 0 Å². The topological polar surface area (TPSA) is 64.4 Å². The van der Waals surface area contributed by atoms with Gasteiger partial charge in [0.1, 0.15) is 0 Å². The molecular formula is C14H20N2O3. The van der Waals surface area contributed by atoms with Crippen LogP contribution in [0.1, 0.15) is 37.8 Å². The van der Waals surface area contributed by atoms with Crippen molar-refractivity contribution < 1.29 is 9.66 Å². The van der Waals surface area contributed by atoms with Gasteiger partial charge in [-0.15, -0.1) is 0 Å². The van der Waals surface area contributed by atoms with Crippen molar-refractivity contribution in [2.45, 2.75) is 44.4 Å². The van der Waals surface area contributed by atoms with Crippen LogP contribution >= 0.6 is 0 Å². The molecule has 0 radical (unpaired) electrons. The van der Waals surface area contributed by atoms with E-state index in [0.29, 0.717) is 12.1 Å². The minimum absolute atomic E-state index is 0.135. The second-order valence-electron chi connectivity index (χ2n) is 5.10. The summed E-state index contributed by atoms with van der Waals surface area (Å²) in [6, 6.07) is 7.41. The van der Waals surface area contributed by atoms with Gasteiger partial charge in [0, 0.05) is 31.3 Å². The molecule has 1 aromatic carbocycles. The molecule has 1 saturated carbocycles. The Labute approximate surface area is 113 Å². The van der Waals surface area contributed by atoms with E-state index >= 15 is 0 Å². The zero-order chi connectivity index (χ0) is 13.8. The SMILES string of the molecule is COC1CCC(NC(C)c2ccc([N+](=O)[O-])cc2)C1. The molecule has 2 rings (SSSR count). The van der Waals surface area contributed by atoms with Gasteiger partial charge in [-0.05, 0) is 31.7 Å². The van der Waals surface area contributed by atoms with Gasteiger partial charge in [0.05, 0.1) is 11.0 Å². The van der Waals surface area contributed by atoms with Gasteiger partial charge < -0.3 is 10.1 Å². The van der Waals surface area contributed by atoms with Gasteiger partial charge >= 0.3 is 0 Å². The van der Waals surface area contributed by atoms with Gasteiger partial charge in [0.2, 0.25) is 0 Å². The van der Waals surface area contributed by atoms with Crippen molar-refractivity contribution in [3.63, 3.8) is 0 Å². The van der Waals surface area contributed by atoms with Crippen LogP contribution in [0.15, 0.2) is 24.3 Å². The summed E-state index contributed by atoms with van der Waals surface area (Å²) in [6.07, 6.45) is 3.62. The lowest BCUT2D eigenvalue weighted by Gasteiger charge is -2.19. The number of nitro benzene ring substituents is 1. The van der Waals surface area contributed by atoms with Crippen molar-refractivity contribution in [2.24, 2.45) is 0 Å². The number of hydrogen-bond donors (Lipinski definition) is 1. The third kappa shape index (κ3) is 3.52. The normalized spacial score (nSPS) is 24.3. The highest BCUT2D eigenvalue weighted by molar-refractivity contribution is 5.34. The van der Waals surface area contributed by atoms with Crippen LogP contribution in [0.5, 0.6) is 0 Å². The molecule has 0 saturated heterocycles. The number of ether oxygens (including phenoxy) is 1. The lowest BCUT2D eigenvalue weighted by atomic mass is 10.1. The standard InChI is InChI=1S/C14H20N2O3/c1-10(15-12-5-8-14(9-12)19-2)11-3-6-13(7-4-11)16(17)18/h3-4,6-7,10,12,14-15H,5,8-9H2,1-2H3.